The van der Waals surface area contributed by atoms with Gasteiger partial charge in [-0.2, -0.15) is 14.4 Å². The SMILES string of the molecule is C[C@H]1CN(C(=O)O)CCN1c1nc(F)nc2c(F)c(Br)c(I)cc12. The zero-order chi connectivity index (χ0) is 17.6. The summed E-state index contributed by atoms with van der Waals surface area (Å²) in [4.78, 5) is 21.6. The maximum Gasteiger partial charge on any atom is 0.407 e. The molecule has 1 N–H and O–H groups in total. The van der Waals surface area contributed by atoms with Crippen LogP contribution in [0, 0.1) is 15.5 Å². The molecular formula is C14H12BrF2IN4O2. The maximum atomic E-state index is 14.4. The van der Waals surface area contributed by atoms with E-state index in [2.05, 4.69) is 25.9 Å². The van der Waals surface area contributed by atoms with Crippen LogP contribution in [0.4, 0.5) is 19.4 Å². The third kappa shape index (κ3) is 3.01. The predicted molar refractivity (Wildman–Crippen MR) is 96.3 cm³/mol. The van der Waals surface area contributed by atoms with Gasteiger partial charge in [-0.05, 0) is 51.5 Å². The van der Waals surface area contributed by atoms with Crippen molar-refractivity contribution >= 4 is 61.3 Å². The van der Waals surface area contributed by atoms with E-state index < -0.39 is 18.0 Å². The highest BCUT2D eigenvalue weighted by atomic mass is 127. The minimum atomic E-state index is -1.02. The molecule has 1 fully saturated rings. The van der Waals surface area contributed by atoms with Gasteiger partial charge in [0.25, 0.3) is 0 Å². The summed E-state index contributed by atoms with van der Waals surface area (Å²) in [6, 6.07) is 1.46. The summed E-state index contributed by atoms with van der Waals surface area (Å²) in [6.45, 7) is 2.69. The van der Waals surface area contributed by atoms with Gasteiger partial charge in [-0.3, -0.25) is 0 Å². The first-order valence-electron chi connectivity index (χ1n) is 7.05. The molecular weight excluding hydrogens is 501 g/mol. The Kier molecular flexibility index (Phi) is 4.78. The van der Waals surface area contributed by atoms with Crippen molar-refractivity contribution in [2.24, 2.45) is 0 Å². The lowest BCUT2D eigenvalue weighted by atomic mass is 10.1. The van der Waals surface area contributed by atoms with Gasteiger partial charge in [0.2, 0.25) is 0 Å². The fourth-order valence-electron chi connectivity index (χ4n) is 2.80. The largest absolute Gasteiger partial charge is 0.465 e. The minimum Gasteiger partial charge on any atom is -0.465 e. The van der Waals surface area contributed by atoms with E-state index in [9.17, 15) is 13.6 Å². The van der Waals surface area contributed by atoms with Crippen LogP contribution in [0.1, 0.15) is 6.92 Å². The summed E-state index contributed by atoms with van der Waals surface area (Å²) in [7, 11) is 0. The quantitative estimate of drug-likeness (QED) is 0.360. The molecule has 1 aromatic carbocycles. The number of aromatic nitrogens is 2. The first-order valence-corrected chi connectivity index (χ1v) is 8.92. The smallest absolute Gasteiger partial charge is 0.407 e. The number of hydrogen-bond donors (Lipinski definition) is 1. The minimum absolute atomic E-state index is 0.0994. The monoisotopic (exact) mass is 512 g/mol. The lowest BCUT2D eigenvalue weighted by Crippen LogP contribution is -2.53. The Labute approximate surface area is 158 Å². The Morgan fingerprint density at radius 2 is 2.12 bits per heavy atom. The molecule has 1 aromatic heterocycles. The molecule has 1 saturated heterocycles. The van der Waals surface area contributed by atoms with E-state index in [4.69, 9.17) is 5.11 Å². The predicted octanol–water partition coefficient (Wildman–Crippen LogP) is 3.46. The number of piperazine rings is 1. The molecule has 0 aliphatic carbocycles. The molecule has 0 unspecified atom stereocenters. The van der Waals surface area contributed by atoms with Crippen molar-refractivity contribution in [3.8, 4) is 0 Å². The van der Waals surface area contributed by atoms with E-state index in [1.165, 1.54) is 4.90 Å². The molecule has 2 heterocycles. The molecule has 1 aliphatic heterocycles. The molecule has 1 aliphatic rings. The van der Waals surface area contributed by atoms with Gasteiger partial charge in [0, 0.05) is 34.6 Å². The van der Waals surface area contributed by atoms with Crippen molar-refractivity contribution in [3.63, 3.8) is 0 Å². The van der Waals surface area contributed by atoms with Crippen molar-refractivity contribution in [2.45, 2.75) is 13.0 Å². The van der Waals surface area contributed by atoms with Gasteiger partial charge in [0.15, 0.2) is 5.82 Å². The Morgan fingerprint density at radius 3 is 2.75 bits per heavy atom. The second-order valence-corrected chi connectivity index (χ2v) is 7.42. The molecule has 24 heavy (non-hydrogen) atoms. The van der Waals surface area contributed by atoms with Crippen LogP contribution in [0.2, 0.25) is 0 Å². The number of anilines is 1. The van der Waals surface area contributed by atoms with Crippen molar-refractivity contribution < 1.29 is 18.7 Å². The van der Waals surface area contributed by atoms with Crippen molar-refractivity contribution in [2.75, 3.05) is 24.5 Å². The number of carboxylic acid groups (broad SMARTS) is 1. The molecule has 10 heteroatoms. The van der Waals surface area contributed by atoms with E-state index in [0.717, 1.165) is 0 Å². The normalized spacial score (nSPS) is 18.3. The molecule has 0 saturated carbocycles. The van der Waals surface area contributed by atoms with E-state index >= 15 is 0 Å². The van der Waals surface area contributed by atoms with Crippen LogP contribution in [-0.4, -0.2) is 51.7 Å². The van der Waals surface area contributed by atoms with Gasteiger partial charge in [0.05, 0.1) is 4.47 Å². The zero-order valence-electron chi connectivity index (χ0n) is 12.4. The zero-order valence-corrected chi connectivity index (χ0v) is 16.2. The molecule has 1 atom stereocenters. The van der Waals surface area contributed by atoms with Gasteiger partial charge in [0.1, 0.15) is 11.3 Å². The highest BCUT2D eigenvalue weighted by Crippen LogP contribution is 2.34. The van der Waals surface area contributed by atoms with Crippen LogP contribution in [0.15, 0.2) is 10.5 Å². The van der Waals surface area contributed by atoms with Gasteiger partial charge in [-0.25, -0.2) is 9.18 Å². The molecule has 0 bridgehead atoms. The highest BCUT2D eigenvalue weighted by molar-refractivity contribution is 14.1. The summed E-state index contributed by atoms with van der Waals surface area (Å²) in [5, 5.41) is 9.50. The maximum absolute atomic E-state index is 14.4. The number of carbonyl (C=O) groups is 1. The fourth-order valence-corrected chi connectivity index (χ4v) is 3.65. The summed E-state index contributed by atoms with van der Waals surface area (Å²) in [5.74, 6) is -0.365. The molecule has 2 aromatic rings. The lowest BCUT2D eigenvalue weighted by Gasteiger charge is -2.39. The van der Waals surface area contributed by atoms with Crippen molar-refractivity contribution in [3.05, 3.63) is 26.0 Å². The van der Waals surface area contributed by atoms with Crippen LogP contribution in [0.5, 0.6) is 0 Å². The van der Waals surface area contributed by atoms with Gasteiger partial charge >= 0.3 is 12.2 Å². The van der Waals surface area contributed by atoms with E-state index in [0.29, 0.717) is 15.5 Å². The highest BCUT2D eigenvalue weighted by Gasteiger charge is 2.29. The summed E-state index contributed by atoms with van der Waals surface area (Å²) >= 11 is 5.10. The first-order chi connectivity index (χ1) is 11.3. The third-order valence-corrected chi connectivity index (χ3v) is 6.32. The van der Waals surface area contributed by atoms with Gasteiger partial charge in [-0.15, -0.1) is 0 Å². The number of hydrogen-bond acceptors (Lipinski definition) is 4. The standard InChI is InChI=1S/C14H12BrF2IN4O2/c1-6-5-21(14(23)24)2-3-22(6)12-7-4-8(18)9(15)10(16)11(7)19-13(17)20-12/h4,6H,2-3,5H2,1H3,(H,23,24)/t6-/m0/s1. The van der Waals surface area contributed by atoms with Crippen LogP contribution < -0.4 is 4.90 Å². The third-order valence-electron chi connectivity index (χ3n) is 3.95. The fraction of sp³-hybridized carbons (Fsp3) is 0.357. The van der Waals surface area contributed by atoms with E-state index in [-0.39, 0.29) is 34.9 Å². The van der Waals surface area contributed by atoms with E-state index in [1.807, 2.05) is 29.5 Å². The summed E-state index contributed by atoms with van der Waals surface area (Å²) in [5.41, 5.74) is -0.0994. The Balaban J connectivity index is 2.11. The Bertz CT molecular complexity index is 838. The van der Waals surface area contributed by atoms with Gasteiger partial charge < -0.3 is 14.9 Å². The molecule has 0 radical (unpaired) electrons. The number of fused-ring (bicyclic) bond motifs is 1. The molecule has 0 spiro atoms. The number of nitrogens with zero attached hydrogens (tertiary/aromatic N) is 4. The average molecular weight is 513 g/mol. The van der Waals surface area contributed by atoms with Crippen molar-refractivity contribution in [1.82, 2.24) is 14.9 Å². The number of benzene rings is 1. The first kappa shape index (κ1) is 17.5. The van der Waals surface area contributed by atoms with Crippen molar-refractivity contribution in [1.29, 1.82) is 0 Å². The van der Waals surface area contributed by atoms with Crippen LogP contribution >= 0.6 is 38.5 Å². The van der Waals surface area contributed by atoms with Crippen LogP contribution in [-0.2, 0) is 0 Å². The summed E-state index contributed by atoms with van der Waals surface area (Å²) in [6.07, 6.45) is -2.01. The molecule has 6 nitrogen and oxygen atoms in total. The van der Waals surface area contributed by atoms with Crippen LogP contribution in [0.25, 0.3) is 10.9 Å². The number of halogens is 4. The molecule has 3 rings (SSSR count). The lowest BCUT2D eigenvalue weighted by molar-refractivity contribution is 0.136. The number of rotatable bonds is 1. The van der Waals surface area contributed by atoms with Gasteiger partial charge in [-0.1, -0.05) is 0 Å². The number of amides is 1. The Hall–Kier alpha value is -1.30. The second kappa shape index (κ2) is 6.54. The average Bonchev–Trinajstić information content (AvgIpc) is 2.53. The Morgan fingerprint density at radius 1 is 1.42 bits per heavy atom. The molecule has 1 amide bonds. The van der Waals surface area contributed by atoms with Crippen LogP contribution in [0.3, 0.4) is 0 Å². The molecule has 128 valence electrons. The topological polar surface area (TPSA) is 69.6 Å². The van der Waals surface area contributed by atoms with E-state index in [1.54, 1.807) is 11.0 Å². The summed E-state index contributed by atoms with van der Waals surface area (Å²) < 4.78 is 29.1. The second-order valence-electron chi connectivity index (χ2n) is 5.47.